The average Bonchev–Trinajstić information content (AvgIpc) is 2.66. The predicted molar refractivity (Wildman–Crippen MR) is 80.2 cm³/mol. The molecule has 0 bridgehead atoms. The van der Waals surface area contributed by atoms with E-state index in [1.165, 1.54) is 31.1 Å². The van der Waals surface area contributed by atoms with Gasteiger partial charge in [-0.25, -0.2) is 0 Å². The highest BCUT2D eigenvalue weighted by molar-refractivity contribution is 5.81. The third kappa shape index (κ3) is 2.31. The molecule has 0 spiro atoms. The molecule has 1 fully saturated rings. The van der Waals surface area contributed by atoms with E-state index in [0.717, 1.165) is 30.5 Å². The lowest BCUT2D eigenvalue weighted by Gasteiger charge is -2.23. The first-order valence-corrected chi connectivity index (χ1v) is 7.56. The Morgan fingerprint density at radius 1 is 1.20 bits per heavy atom. The molecule has 1 aromatic carbocycles. The lowest BCUT2D eigenvalue weighted by Crippen LogP contribution is -2.21. The van der Waals surface area contributed by atoms with Crippen LogP contribution in [0.15, 0.2) is 24.3 Å². The van der Waals surface area contributed by atoms with Crippen LogP contribution in [0.2, 0.25) is 0 Å². The van der Waals surface area contributed by atoms with Gasteiger partial charge < -0.3 is 0 Å². The average molecular weight is 267 g/mol. The Balaban J connectivity index is 1.97. The third-order valence-corrected chi connectivity index (χ3v) is 4.64. The van der Waals surface area contributed by atoms with E-state index in [0.29, 0.717) is 0 Å². The summed E-state index contributed by atoms with van der Waals surface area (Å²) < 4.78 is 1.94. The van der Waals surface area contributed by atoms with Gasteiger partial charge in [0, 0.05) is 18.9 Å². The predicted octanol–water partition coefficient (Wildman–Crippen LogP) is 3.98. The monoisotopic (exact) mass is 267 g/mol. The minimum absolute atomic E-state index is 0.201. The van der Waals surface area contributed by atoms with Gasteiger partial charge in [0.05, 0.1) is 22.7 Å². The Labute approximate surface area is 120 Å². The fraction of sp³-hybridized carbons (Fsp3) is 0.529. The van der Waals surface area contributed by atoms with Crippen LogP contribution in [0.5, 0.6) is 0 Å². The maximum Gasteiger partial charge on any atom is 0.0719 e. The summed E-state index contributed by atoms with van der Waals surface area (Å²) in [4.78, 5) is 0. The summed E-state index contributed by atoms with van der Waals surface area (Å²) in [6, 6.07) is 10.9. The van der Waals surface area contributed by atoms with Crippen molar-refractivity contribution in [3.8, 4) is 6.07 Å². The van der Waals surface area contributed by atoms with Crippen LogP contribution in [0.1, 0.15) is 44.2 Å². The SMILES string of the molecule is Cn1nc(CC2(C#N)CCCCCC2)c2ccccc21. The lowest BCUT2D eigenvalue weighted by molar-refractivity contribution is 0.335. The number of para-hydroxylation sites is 1. The van der Waals surface area contributed by atoms with Crippen LogP contribution >= 0.6 is 0 Å². The number of rotatable bonds is 2. The van der Waals surface area contributed by atoms with Crippen LogP contribution in [0.3, 0.4) is 0 Å². The van der Waals surface area contributed by atoms with Crippen molar-refractivity contribution in [3.63, 3.8) is 0 Å². The number of fused-ring (bicyclic) bond motifs is 1. The van der Waals surface area contributed by atoms with Gasteiger partial charge in [-0.05, 0) is 18.9 Å². The van der Waals surface area contributed by atoms with Crippen molar-refractivity contribution in [2.75, 3.05) is 0 Å². The summed E-state index contributed by atoms with van der Waals surface area (Å²) in [5.41, 5.74) is 2.05. The first-order chi connectivity index (χ1) is 9.74. The number of hydrogen-bond acceptors (Lipinski definition) is 2. The molecule has 2 aromatic rings. The second-order valence-electron chi connectivity index (χ2n) is 6.07. The third-order valence-electron chi connectivity index (χ3n) is 4.64. The Hall–Kier alpha value is -1.82. The second-order valence-corrected chi connectivity index (χ2v) is 6.07. The Kier molecular flexibility index (Phi) is 3.48. The van der Waals surface area contributed by atoms with E-state index in [9.17, 15) is 5.26 Å². The highest BCUT2D eigenvalue weighted by Crippen LogP contribution is 2.38. The number of aryl methyl sites for hydroxylation is 1. The van der Waals surface area contributed by atoms with Gasteiger partial charge in [0.2, 0.25) is 0 Å². The van der Waals surface area contributed by atoms with Gasteiger partial charge in [0.1, 0.15) is 0 Å². The van der Waals surface area contributed by atoms with Gasteiger partial charge in [-0.3, -0.25) is 4.68 Å². The number of nitrogens with zero attached hydrogens (tertiary/aromatic N) is 3. The molecule has 1 aromatic heterocycles. The van der Waals surface area contributed by atoms with Crippen molar-refractivity contribution in [1.82, 2.24) is 9.78 Å². The zero-order chi connectivity index (χ0) is 14.0. The molecule has 1 saturated carbocycles. The normalized spacial score (nSPS) is 18.6. The van der Waals surface area contributed by atoms with E-state index < -0.39 is 0 Å². The summed E-state index contributed by atoms with van der Waals surface area (Å²) in [5, 5.41) is 15.6. The molecule has 1 aliphatic carbocycles. The van der Waals surface area contributed by atoms with E-state index in [2.05, 4.69) is 29.4 Å². The largest absolute Gasteiger partial charge is 0.268 e. The molecule has 3 heteroatoms. The van der Waals surface area contributed by atoms with Gasteiger partial charge >= 0.3 is 0 Å². The summed E-state index contributed by atoms with van der Waals surface area (Å²) >= 11 is 0. The van der Waals surface area contributed by atoms with Crippen LogP contribution in [-0.4, -0.2) is 9.78 Å². The van der Waals surface area contributed by atoms with Gasteiger partial charge in [-0.15, -0.1) is 0 Å². The Morgan fingerprint density at radius 2 is 1.90 bits per heavy atom. The van der Waals surface area contributed by atoms with E-state index in [1.807, 2.05) is 17.8 Å². The highest BCUT2D eigenvalue weighted by Gasteiger charge is 2.32. The van der Waals surface area contributed by atoms with Crippen molar-refractivity contribution in [2.45, 2.75) is 44.9 Å². The van der Waals surface area contributed by atoms with E-state index in [4.69, 9.17) is 0 Å². The van der Waals surface area contributed by atoms with Gasteiger partial charge in [-0.1, -0.05) is 43.9 Å². The second kappa shape index (κ2) is 5.28. The highest BCUT2D eigenvalue weighted by atomic mass is 15.3. The molecule has 3 nitrogen and oxygen atoms in total. The maximum absolute atomic E-state index is 9.72. The number of hydrogen-bond donors (Lipinski definition) is 0. The molecule has 1 aliphatic rings. The molecule has 0 atom stereocenters. The Bertz CT molecular complexity index is 640. The zero-order valence-corrected chi connectivity index (χ0v) is 12.1. The van der Waals surface area contributed by atoms with Gasteiger partial charge in [0.15, 0.2) is 0 Å². The molecule has 0 aliphatic heterocycles. The molecule has 0 unspecified atom stereocenters. The fourth-order valence-corrected chi connectivity index (χ4v) is 3.47. The van der Waals surface area contributed by atoms with Crippen LogP contribution in [0.25, 0.3) is 10.9 Å². The Morgan fingerprint density at radius 3 is 2.60 bits per heavy atom. The van der Waals surface area contributed by atoms with Crippen molar-refractivity contribution >= 4 is 10.9 Å². The molecule has 20 heavy (non-hydrogen) atoms. The summed E-state index contributed by atoms with van der Waals surface area (Å²) in [6.07, 6.45) is 7.74. The first-order valence-electron chi connectivity index (χ1n) is 7.56. The summed E-state index contributed by atoms with van der Waals surface area (Å²) in [7, 11) is 1.98. The fourth-order valence-electron chi connectivity index (χ4n) is 3.47. The molecular formula is C17H21N3. The molecule has 0 saturated heterocycles. The van der Waals surface area contributed by atoms with Crippen LogP contribution in [0, 0.1) is 16.7 Å². The summed E-state index contributed by atoms with van der Waals surface area (Å²) in [5.74, 6) is 0. The standard InChI is InChI=1S/C17H21N3/c1-20-16-9-5-4-8-14(16)15(19-20)12-17(13-18)10-6-2-3-7-11-17/h4-5,8-9H,2-3,6-7,10-12H2,1H3. The lowest BCUT2D eigenvalue weighted by atomic mass is 9.77. The first kappa shape index (κ1) is 13.2. The molecule has 0 N–H and O–H groups in total. The maximum atomic E-state index is 9.72. The minimum atomic E-state index is -0.201. The van der Waals surface area contributed by atoms with E-state index in [-0.39, 0.29) is 5.41 Å². The zero-order valence-electron chi connectivity index (χ0n) is 12.1. The number of benzene rings is 1. The van der Waals surface area contributed by atoms with Crippen LogP contribution < -0.4 is 0 Å². The van der Waals surface area contributed by atoms with E-state index in [1.54, 1.807) is 0 Å². The van der Waals surface area contributed by atoms with Crippen molar-refractivity contribution < 1.29 is 0 Å². The van der Waals surface area contributed by atoms with Crippen molar-refractivity contribution in [3.05, 3.63) is 30.0 Å². The van der Waals surface area contributed by atoms with Crippen LogP contribution in [0.4, 0.5) is 0 Å². The molecular weight excluding hydrogens is 246 g/mol. The quantitative estimate of drug-likeness (QED) is 0.772. The molecule has 0 amide bonds. The summed E-state index contributed by atoms with van der Waals surface area (Å²) in [6.45, 7) is 0. The smallest absolute Gasteiger partial charge is 0.0719 e. The van der Waals surface area contributed by atoms with Gasteiger partial charge in [0.25, 0.3) is 0 Å². The molecule has 0 radical (unpaired) electrons. The topological polar surface area (TPSA) is 41.6 Å². The minimum Gasteiger partial charge on any atom is -0.268 e. The number of aromatic nitrogens is 2. The van der Waals surface area contributed by atoms with Gasteiger partial charge in [-0.2, -0.15) is 10.4 Å². The van der Waals surface area contributed by atoms with E-state index >= 15 is 0 Å². The van der Waals surface area contributed by atoms with Crippen molar-refractivity contribution in [1.29, 1.82) is 5.26 Å². The van der Waals surface area contributed by atoms with Crippen molar-refractivity contribution in [2.24, 2.45) is 12.5 Å². The molecule has 104 valence electrons. The number of nitriles is 1. The molecule has 1 heterocycles. The van der Waals surface area contributed by atoms with Crippen LogP contribution in [-0.2, 0) is 13.5 Å². The molecule has 3 rings (SSSR count).